The van der Waals surface area contributed by atoms with Crippen molar-refractivity contribution >= 4 is 11.9 Å². The van der Waals surface area contributed by atoms with Crippen molar-refractivity contribution in [3.05, 3.63) is 0 Å². The summed E-state index contributed by atoms with van der Waals surface area (Å²) < 4.78 is 0. The van der Waals surface area contributed by atoms with Gasteiger partial charge in [0, 0.05) is 6.54 Å². The lowest BCUT2D eigenvalue weighted by Crippen LogP contribution is -2.51. The van der Waals surface area contributed by atoms with Gasteiger partial charge in [0.15, 0.2) is 0 Å². The Morgan fingerprint density at radius 1 is 1.50 bits per heavy atom. The van der Waals surface area contributed by atoms with Gasteiger partial charge in [-0.3, -0.25) is 4.79 Å². The second-order valence-electron chi connectivity index (χ2n) is 5.84. The van der Waals surface area contributed by atoms with E-state index in [4.69, 9.17) is 0 Å². The summed E-state index contributed by atoms with van der Waals surface area (Å²) in [6, 6.07) is -0.667. The van der Waals surface area contributed by atoms with Gasteiger partial charge in [0.1, 0.15) is 6.04 Å². The fourth-order valence-corrected chi connectivity index (χ4v) is 3.10. The molecule has 2 aliphatic heterocycles. The van der Waals surface area contributed by atoms with E-state index in [1.807, 2.05) is 13.8 Å². The number of likely N-dealkylation sites (tertiary alicyclic amines) is 1. The van der Waals surface area contributed by atoms with Crippen molar-refractivity contribution in [1.29, 1.82) is 0 Å². The van der Waals surface area contributed by atoms with E-state index < -0.39 is 17.6 Å². The van der Waals surface area contributed by atoms with Gasteiger partial charge in [-0.1, -0.05) is 13.8 Å². The number of carboxylic acid groups (broad SMARTS) is 1. The minimum Gasteiger partial charge on any atom is -0.480 e. The normalized spacial score (nSPS) is 29.5. The summed E-state index contributed by atoms with van der Waals surface area (Å²) in [4.78, 5) is 25.4. The number of rotatable bonds is 4. The first-order chi connectivity index (χ1) is 8.46. The Bertz CT molecular complexity index is 348. The second kappa shape index (κ2) is 4.88. The van der Waals surface area contributed by atoms with E-state index in [2.05, 4.69) is 5.32 Å². The highest BCUT2D eigenvalue weighted by Crippen LogP contribution is 2.33. The van der Waals surface area contributed by atoms with Gasteiger partial charge < -0.3 is 15.3 Å². The van der Waals surface area contributed by atoms with E-state index in [1.165, 1.54) is 0 Å². The van der Waals surface area contributed by atoms with Crippen LogP contribution in [0.2, 0.25) is 0 Å². The van der Waals surface area contributed by atoms with Gasteiger partial charge in [-0.2, -0.15) is 0 Å². The number of amides is 1. The highest BCUT2D eigenvalue weighted by atomic mass is 16.4. The predicted molar refractivity (Wildman–Crippen MR) is 67.2 cm³/mol. The van der Waals surface area contributed by atoms with Crippen LogP contribution in [0.25, 0.3) is 0 Å². The van der Waals surface area contributed by atoms with Gasteiger partial charge in [-0.15, -0.1) is 0 Å². The molecule has 1 amide bonds. The average molecular weight is 254 g/mol. The zero-order chi connectivity index (χ0) is 13.3. The SMILES string of the molecule is CC(C)C[C@H](C(=O)O)N1CCC2(CCCN2)C1=O. The van der Waals surface area contributed by atoms with Gasteiger partial charge >= 0.3 is 5.97 Å². The average Bonchev–Trinajstić information content (AvgIpc) is 2.87. The molecule has 5 heteroatoms. The van der Waals surface area contributed by atoms with Gasteiger partial charge in [-0.05, 0) is 38.1 Å². The van der Waals surface area contributed by atoms with Gasteiger partial charge in [0.25, 0.3) is 0 Å². The Hall–Kier alpha value is -1.10. The summed E-state index contributed by atoms with van der Waals surface area (Å²) in [6.45, 7) is 5.40. The molecule has 2 N–H and O–H groups in total. The van der Waals surface area contributed by atoms with E-state index in [-0.39, 0.29) is 11.8 Å². The molecule has 2 heterocycles. The maximum absolute atomic E-state index is 12.5. The van der Waals surface area contributed by atoms with Crippen molar-refractivity contribution < 1.29 is 14.7 Å². The second-order valence-corrected chi connectivity index (χ2v) is 5.84. The van der Waals surface area contributed by atoms with Crippen molar-refractivity contribution in [3.63, 3.8) is 0 Å². The van der Waals surface area contributed by atoms with E-state index in [0.717, 1.165) is 25.8 Å². The first kappa shape index (κ1) is 13.3. The lowest BCUT2D eigenvalue weighted by Gasteiger charge is -2.28. The van der Waals surface area contributed by atoms with Crippen LogP contribution in [0.1, 0.15) is 39.5 Å². The quantitative estimate of drug-likeness (QED) is 0.780. The Morgan fingerprint density at radius 3 is 2.72 bits per heavy atom. The third kappa shape index (κ3) is 2.23. The first-order valence-corrected chi connectivity index (χ1v) is 6.75. The Kier molecular flexibility index (Phi) is 3.61. The maximum atomic E-state index is 12.5. The molecular formula is C13H22N2O3. The molecule has 0 aliphatic carbocycles. The van der Waals surface area contributed by atoms with Crippen LogP contribution in [-0.4, -0.2) is 46.6 Å². The van der Waals surface area contributed by atoms with Gasteiger partial charge in [0.2, 0.25) is 5.91 Å². The van der Waals surface area contributed by atoms with Crippen molar-refractivity contribution in [1.82, 2.24) is 10.2 Å². The standard InChI is InChI=1S/C13H22N2O3/c1-9(2)8-10(11(16)17)15-7-5-13(12(15)18)4-3-6-14-13/h9-10,14H,3-8H2,1-2H3,(H,16,17)/t10-,13?/m1/s1. The molecule has 1 spiro atoms. The summed E-state index contributed by atoms with van der Waals surface area (Å²) in [5.41, 5.74) is -0.454. The molecule has 102 valence electrons. The minimum atomic E-state index is -0.882. The van der Waals surface area contributed by atoms with Crippen LogP contribution in [-0.2, 0) is 9.59 Å². The Labute approximate surface area is 108 Å². The molecule has 0 aromatic heterocycles. The van der Waals surface area contributed by atoms with Crippen molar-refractivity contribution in [2.45, 2.75) is 51.1 Å². The molecular weight excluding hydrogens is 232 g/mol. The molecule has 2 atom stereocenters. The fraction of sp³-hybridized carbons (Fsp3) is 0.846. The van der Waals surface area contributed by atoms with Crippen LogP contribution in [0.5, 0.6) is 0 Å². The monoisotopic (exact) mass is 254 g/mol. The van der Waals surface area contributed by atoms with Crippen LogP contribution in [0, 0.1) is 5.92 Å². The predicted octanol–water partition coefficient (Wildman–Crippen LogP) is 0.840. The molecule has 18 heavy (non-hydrogen) atoms. The molecule has 0 saturated carbocycles. The molecule has 0 bridgehead atoms. The van der Waals surface area contributed by atoms with Crippen LogP contribution in [0.3, 0.4) is 0 Å². The number of carbonyl (C=O) groups excluding carboxylic acids is 1. The Balaban J connectivity index is 2.13. The van der Waals surface area contributed by atoms with E-state index >= 15 is 0 Å². The van der Waals surface area contributed by atoms with Crippen LogP contribution >= 0.6 is 0 Å². The Morgan fingerprint density at radius 2 is 2.22 bits per heavy atom. The number of nitrogens with zero attached hydrogens (tertiary/aromatic N) is 1. The number of aliphatic carboxylic acids is 1. The molecule has 2 rings (SSSR count). The topological polar surface area (TPSA) is 69.6 Å². The molecule has 1 unspecified atom stereocenters. The third-order valence-corrected chi connectivity index (χ3v) is 4.05. The molecule has 0 aromatic rings. The summed E-state index contributed by atoms with van der Waals surface area (Å²) in [6.07, 6.45) is 3.11. The number of hydrogen-bond acceptors (Lipinski definition) is 3. The number of carbonyl (C=O) groups is 2. The summed E-state index contributed by atoms with van der Waals surface area (Å²) >= 11 is 0. The molecule has 2 fully saturated rings. The van der Waals surface area contributed by atoms with Crippen LogP contribution in [0.4, 0.5) is 0 Å². The lowest BCUT2D eigenvalue weighted by molar-refractivity contribution is -0.150. The summed E-state index contributed by atoms with van der Waals surface area (Å²) in [5.74, 6) is -0.618. The van der Waals surface area contributed by atoms with Crippen LogP contribution in [0.15, 0.2) is 0 Å². The van der Waals surface area contributed by atoms with Gasteiger partial charge in [0.05, 0.1) is 5.54 Å². The van der Waals surface area contributed by atoms with Gasteiger partial charge in [-0.25, -0.2) is 4.79 Å². The smallest absolute Gasteiger partial charge is 0.326 e. The highest BCUT2D eigenvalue weighted by Gasteiger charge is 2.50. The van der Waals surface area contributed by atoms with E-state index in [0.29, 0.717) is 13.0 Å². The van der Waals surface area contributed by atoms with Crippen molar-refractivity contribution in [2.75, 3.05) is 13.1 Å². The molecule has 2 saturated heterocycles. The minimum absolute atomic E-state index is 0.00644. The number of carboxylic acids is 1. The lowest BCUT2D eigenvalue weighted by atomic mass is 9.95. The van der Waals surface area contributed by atoms with Crippen LogP contribution < -0.4 is 5.32 Å². The van der Waals surface area contributed by atoms with Crippen molar-refractivity contribution in [3.8, 4) is 0 Å². The zero-order valence-electron chi connectivity index (χ0n) is 11.1. The summed E-state index contributed by atoms with van der Waals surface area (Å²) in [7, 11) is 0. The molecule has 0 radical (unpaired) electrons. The third-order valence-electron chi connectivity index (χ3n) is 4.05. The van der Waals surface area contributed by atoms with Crippen molar-refractivity contribution in [2.24, 2.45) is 5.92 Å². The largest absolute Gasteiger partial charge is 0.480 e. The number of hydrogen-bond donors (Lipinski definition) is 2. The summed E-state index contributed by atoms with van der Waals surface area (Å²) in [5, 5.41) is 12.6. The zero-order valence-corrected chi connectivity index (χ0v) is 11.1. The molecule has 0 aromatic carbocycles. The first-order valence-electron chi connectivity index (χ1n) is 6.75. The molecule has 2 aliphatic rings. The fourth-order valence-electron chi connectivity index (χ4n) is 3.10. The van der Waals surface area contributed by atoms with E-state index in [1.54, 1.807) is 4.90 Å². The number of nitrogens with one attached hydrogen (secondary N) is 1. The highest BCUT2D eigenvalue weighted by molar-refractivity contribution is 5.92. The molecule has 5 nitrogen and oxygen atoms in total. The maximum Gasteiger partial charge on any atom is 0.326 e. The van der Waals surface area contributed by atoms with E-state index in [9.17, 15) is 14.7 Å².